The van der Waals surface area contributed by atoms with E-state index in [1.165, 1.54) is 43.4 Å². The van der Waals surface area contributed by atoms with Crippen LogP contribution in [0.4, 0.5) is 0 Å². The molecule has 0 saturated heterocycles. The highest BCUT2D eigenvalue weighted by atomic mass is 35.5. The molecule has 0 unspecified atom stereocenters. The molecule has 0 bridgehead atoms. The predicted octanol–water partition coefficient (Wildman–Crippen LogP) is 2.63. The summed E-state index contributed by atoms with van der Waals surface area (Å²) in [6.07, 6.45) is 1.68. The maximum Gasteiger partial charge on any atom is 0.243 e. The summed E-state index contributed by atoms with van der Waals surface area (Å²) in [7, 11) is -5.81. The predicted molar refractivity (Wildman–Crippen MR) is 112 cm³/mol. The number of nitrogens with zero attached hydrogens (tertiary/aromatic N) is 1. The van der Waals surface area contributed by atoms with Gasteiger partial charge < -0.3 is 5.32 Å². The van der Waals surface area contributed by atoms with Crippen LogP contribution >= 0.6 is 11.6 Å². The molecule has 0 aromatic heterocycles. The molecule has 2 aromatic carbocycles. The van der Waals surface area contributed by atoms with Crippen molar-refractivity contribution in [1.82, 2.24) is 9.62 Å². The summed E-state index contributed by atoms with van der Waals surface area (Å²) in [5, 5.41) is 3.20. The Morgan fingerprint density at radius 3 is 2.00 bits per heavy atom. The van der Waals surface area contributed by atoms with Gasteiger partial charge in [0.25, 0.3) is 0 Å². The fourth-order valence-corrected chi connectivity index (χ4v) is 4.57. The maximum absolute atomic E-state index is 12.6. The number of rotatable bonds is 8. The first-order chi connectivity index (χ1) is 13.4. The van der Waals surface area contributed by atoms with Gasteiger partial charge >= 0.3 is 0 Å². The van der Waals surface area contributed by atoms with Gasteiger partial charge in [-0.3, -0.25) is 4.79 Å². The topological polar surface area (TPSA) is 101 Å². The number of sulfonamides is 1. The van der Waals surface area contributed by atoms with Crippen LogP contribution in [0.1, 0.15) is 24.9 Å². The number of carbonyl (C=O) groups is 1. The fraction of sp³-hybridized carbons (Fsp3) is 0.316. The zero-order valence-electron chi connectivity index (χ0n) is 16.3. The van der Waals surface area contributed by atoms with Gasteiger partial charge in [0.1, 0.15) is 0 Å². The molecule has 2 rings (SSSR count). The van der Waals surface area contributed by atoms with Crippen LogP contribution in [0.25, 0.3) is 0 Å². The highest BCUT2D eigenvalue weighted by Gasteiger charge is 2.24. The van der Waals surface area contributed by atoms with Gasteiger partial charge in [-0.05, 0) is 48.4 Å². The van der Waals surface area contributed by atoms with Crippen LogP contribution < -0.4 is 5.32 Å². The van der Waals surface area contributed by atoms with Crippen molar-refractivity contribution in [2.75, 3.05) is 19.8 Å². The Bertz CT molecular complexity index is 1070. The molecular formula is C19H23ClN2O5S2. The summed E-state index contributed by atoms with van der Waals surface area (Å²) in [6.45, 7) is 1.51. The second kappa shape index (κ2) is 9.25. The molecule has 10 heteroatoms. The quantitative estimate of drug-likeness (QED) is 0.655. The Balaban J connectivity index is 2.08. The number of carbonyl (C=O) groups excluding carboxylic acids is 1. The second-order valence-corrected chi connectivity index (χ2v) is 11.1. The van der Waals surface area contributed by atoms with E-state index >= 15 is 0 Å². The summed E-state index contributed by atoms with van der Waals surface area (Å²) in [5.74, 6) is -0.468. The Morgan fingerprint density at radius 1 is 1.00 bits per heavy atom. The lowest BCUT2D eigenvalue weighted by molar-refractivity contribution is -0.121. The highest BCUT2D eigenvalue weighted by molar-refractivity contribution is 7.90. The number of sulfone groups is 1. The van der Waals surface area contributed by atoms with Gasteiger partial charge in [0.15, 0.2) is 9.84 Å². The molecule has 7 nitrogen and oxygen atoms in total. The molecule has 1 N–H and O–H groups in total. The van der Waals surface area contributed by atoms with Crippen LogP contribution in [-0.2, 0) is 24.7 Å². The summed E-state index contributed by atoms with van der Waals surface area (Å²) >= 11 is 5.79. The summed E-state index contributed by atoms with van der Waals surface area (Å²) < 4.78 is 49.3. The third-order valence-corrected chi connectivity index (χ3v) is 7.54. The molecule has 29 heavy (non-hydrogen) atoms. The standard InChI is InChI=1S/C19H23ClN2O5S2/c1-4-18(14-5-9-16(10-6-14)28(3,24)25)21-19(23)13-22(2)29(26,27)17-11-7-15(20)8-12-17/h5-12,18H,4,13H2,1-3H3,(H,21,23)/t18-/m0/s1. The van der Waals surface area contributed by atoms with Crippen LogP contribution in [-0.4, -0.2) is 46.9 Å². The van der Waals surface area contributed by atoms with E-state index in [4.69, 9.17) is 11.6 Å². The fourth-order valence-electron chi connectivity index (χ4n) is 2.68. The van der Waals surface area contributed by atoms with Crippen molar-refractivity contribution in [2.45, 2.75) is 29.2 Å². The molecule has 158 valence electrons. The van der Waals surface area contributed by atoms with Crippen molar-refractivity contribution in [3.8, 4) is 0 Å². The average Bonchev–Trinajstić information content (AvgIpc) is 2.65. The molecule has 1 atom stereocenters. The Labute approximate surface area is 176 Å². The Morgan fingerprint density at radius 2 is 1.52 bits per heavy atom. The average molecular weight is 459 g/mol. The number of nitrogens with one attached hydrogen (secondary N) is 1. The van der Waals surface area contributed by atoms with Gasteiger partial charge in [-0.25, -0.2) is 16.8 Å². The number of hydrogen-bond donors (Lipinski definition) is 1. The first-order valence-electron chi connectivity index (χ1n) is 8.76. The van der Waals surface area contributed by atoms with Crippen LogP contribution in [0.5, 0.6) is 0 Å². The van der Waals surface area contributed by atoms with E-state index in [1.807, 2.05) is 6.92 Å². The lowest BCUT2D eigenvalue weighted by Crippen LogP contribution is -2.39. The molecule has 0 saturated carbocycles. The van der Waals surface area contributed by atoms with Crippen LogP contribution in [0.15, 0.2) is 58.3 Å². The number of hydrogen-bond acceptors (Lipinski definition) is 5. The normalized spacial score (nSPS) is 13.3. The van der Waals surface area contributed by atoms with E-state index in [0.29, 0.717) is 11.4 Å². The van der Waals surface area contributed by atoms with Crippen molar-refractivity contribution in [2.24, 2.45) is 0 Å². The minimum atomic E-state index is -3.83. The van der Waals surface area contributed by atoms with Crippen molar-refractivity contribution < 1.29 is 21.6 Å². The smallest absolute Gasteiger partial charge is 0.243 e. The molecular weight excluding hydrogens is 436 g/mol. The lowest BCUT2D eigenvalue weighted by atomic mass is 10.0. The van der Waals surface area contributed by atoms with Crippen molar-refractivity contribution in [1.29, 1.82) is 0 Å². The largest absolute Gasteiger partial charge is 0.348 e. The van der Waals surface area contributed by atoms with E-state index < -0.39 is 25.8 Å². The molecule has 0 spiro atoms. The SMILES string of the molecule is CC[C@H](NC(=O)CN(C)S(=O)(=O)c1ccc(Cl)cc1)c1ccc(S(C)(=O)=O)cc1. The number of halogens is 1. The van der Waals surface area contributed by atoms with E-state index in [1.54, 1.807) is 12.1 Å². The summed E-state index contributed by atoms with van der Waals surface area (Å²) in [5.41, 5.74) is 0.733. The van der Waals surface area contributed by atoms with Gasteiger partial charge in [0.2, 0.25) is 15.9 Å². The van der Waals surface area contributed by atoms with E-state index in [9.17, 15) is 21.6 Å². The van der Waals surface area contributed by atoms with Gasteiger partial charge in [-0.2, -0.15) is 4.31 Å². The van der Waals surface area contributed by atoms with Crippen LogP contribution in [0.3, 0.4) is 0 Å². The number of benzene rings is 2. The minimum Gasteiger partial charge on any atom is -0.348 e. The van der Waals surface area contributed by atoms with Gasteiger partial charge in [0, 0.05) is 18.3 Å². The Kier molecular flexibility index (Phi) is 7.45. The lowest BCUT2D eigenvalue weighted by Gasteiger charge is -2.21. The third-order valence-electron chi connectivity index (χ3n) is 4.34. The van der Waals surface area contributed by atoms with E-state index in [0.717, 1.165) is 16.1 Å². The molecule has 2 aromatic rings. The molecule has 0 aliphatic carbocycles. The molecule has 0 aliphatic rings. The number of likely N-dealkylation sites (N-methyl/N-ethyl adjacent to an activating group) is 1. The number of amides is 1. The molecule has 0 aliphatic heterocycles. The van der Waals surface area contributed by atoms with E-state index in [2.05, 4.69) is 5.32 Å². The molecule has 0 fully saturated rings. The van der Waals surface area contributed by atoms with Crippen molar-refractivity contribution in [3.05, 3.63) is 59.1 Å². The van der Waals surface area contributed by atoms with Crippen molar-refractivity contribution >= 4 is 37.4 Å². The first kappa shape index (κ1) is 23.3. The van der Waals surface area contributed by atoms with E-state index in [-0.39, 0.29) is 22.4 Å². The van der Waals surface area contributed by atoms with Gasteiger partial charge in [-0.1, -0.05) is 30.7 Å². The van der Waals surface area contributed by atoms with Gasteiger partial charge in [0.05, 0.1) is 22.4 Å². The molecule has 0 heterocycles. The van der Waals surface area contributed by atoms with Crippen LogP contribution in [0.2, 0.25) is 5.02 Å². The zero-order valence-corrected chi connectivity index (χ0v) is 18.7. The molecule has 0 radical (unpaired) electrons. The third kappa shape index (κ3) is 6.02. The monoisotopic (exact) mass is 458 g/mol. The minimum absolute atomic E-state index is 0.0422. The summed E-state index contributed by atoms with van der Waals surface area (Å²) in [6, 6.07) is 11.6. The van der Waals surface area contributed by atoms with Crippen LogP contribution in [0, 0.1) is 0 Å². The van der Waals surface area contributed by atoms with Crippen molar-refractivity contribution in [3.63, 3.8) is 0 Å². The Hall–Kier alpha value is -1.94. The second-order valence-electron chi connectivity index (χ2n) is 6.58. The molecule has 1 amide bonds. The maximum atomic E-state index is 12.6. The van der Waals surface area contributed by atoms with Gasteiger partial charge in [-0.15, -0.1) is 0 Å². The summed E-state index contributed by atoms with van der Waals surface area (Å²) in [4.78, 5) is 12.7. The first-order valence-corrected chi connectivity index (χ1v) is 12.5. The highest BCUT2D eigenvalue weighted by Crippen LogP contribution is 2.20. The zero-order chi connectivity index (χ0) is 21.8.